The van der Waals surface area contributed by atoms with Crippen LogP contribution in [-0.4, -0.2) is 30.4 Å². The molecule has 33 heavy (non-hydrogen) atoms. The molecule has 0 radical (unpaired) electrons. The quantitative estimate of drug-likeness (QED) is 0.312. The second-order valence-electron chi connectivity index (χ2n) is 7.65. The van der Waals surface area contributed by atoms with Crippen molar-refractivity contribution in [2.45, 2.75) is 37.2 Å². The number of aryl methyl sites for hydroxylation is 3. The van der Waals surface area contributed by atoms with E-state index in [1.807, 2.05) is 51.1 Å². The Kier molecular flexibility index (Phi) is 6.27. The molecule has 0 saturated carbocycles. The first kappa shape index (κ1) is 22.3. The first-order chi connectivity index (χ1) is 15.8. The smallest absolute Gasteiger partial charge is 0.276 e. The van der Waals surface area contributed by atoms with Crippen LogP contribution in [0, 0.1) is 30.9 Å². The molecule has 0 saturated heterocycles. The van der Waals surface area contributed by atoms with E-state index in [2.05, 4.69) is 15.5 Å². The number of nitro groups is 1. The molecule has 0 aliphatic rings. The number of amides is 1. The number of benzene rings is 2. The molecule has 9 nitrogen and oxygen atoms in total. The van der Waals surface area contributed by atoms with Crippen molar-refractivity contribution in [3.63, 3.8) is 0 Å². The van der Waals surface area contributed by atoms with Crippen molar-refractivity contribution in [1.82, 2.24) is 19.6 Å². The number of anilines is 1. The Morgan fingerprint density at radius 3 is 2.45 bits per heavy atom. The van der Waals surface area contributed by atoms with E-state index in [0.717, 1.165) is 21.8 Å². The van der Waals surface area contributed by atoms with E-state index in [4.69, 9.17) is 0 Å². The lowest BCUT2D eigenvalue weighted by Gasteiger charge is -2.08. The Labute approximate surface area is 194 Å². The molecule has 0 aliphatic carbocycles. The number of carbonyl (C=O) groups excluding carboxylic acids is 1. The van der Waals surface area contributed by atoms with Gasteiger partial charge in [0.1, 0.15) is 6.67 Å². The van der Waals surface area contributed by atoms with Crippen molar-refractivity contribution in [2.75, 3.05) is 5.32 Å². The van der Waals surface area contributed by atoms with Crippen LogP contribution in [0.1, 0.15) is 27.4 Å². The summed E-state index contributed by atoms with van der Waals surface area (Å²) in [6, 6.07) is 16.0. The molecule has 4 rings (SSSR count). The summed E-state index contributed by atoms with van der Waals surface area (Å²) < 4.78 is 3.40. The summed E-state index contributed by atoms with van der Waals surface area (Å²) in [7, 11) is 0. The van der Waals surface area contributed by atoms with E-state index in [1.165, 1.54) is 23.9 Å². The minimum absolute atomic E-state index is 0.0996. The molecule has 1 N–H and O–H groups in total. The summed E-state index contributed by atoms with van der Waals surface area (Å²) in [6.45, 7) is 6.23. The van der Waals surface area contributed by atoms with Gasteiger partial charge in [-0.15, -0.1) is 0 Å². The molecule has 0 bridgehead atoms. The average molecular weight is 463 g/mol. The number of hydrogen-bond donors (Lipinski definition) is 1. The van der Waals surface area contributed by atoms with Crippen molar-refractivity contribution in [1.29, 1.82) is 0 Å². The number of rotatable bonds is 7. The minimum Gasteiger partial charge on any atom is -0.320 e. The van der Waals surface area contributed by atoms with Crippen LogP contribution in [0.5, 0.6) is 0 Å². The zero-order valence-electron chi connectivity index (χ0n) is 18.3. The fourth-order valence-corrected chi connectivity index (χ4v) is 4.18. The zero-order valence-corrected chi connectivity index (χ0v) is 19.2. The molecule has 2 aromatic heterocycles. The Morgan fingerprint density at radius 1 is 1.03 bits per heavy atom. The highest BCUT2D eigenvalue weighted by Gasteiger charge is 2.15. The number of aromatic nitrogens is 4. The van der Waals surface area contributed by atoms with Gasteiger partial charge in [0.2, 0.25) is 0 Å². The molecule has 168 valence electrons. The standard InChI is InChI=1S/C23H22N6O3S/c1-15-4-6-20(7-5-15)33-21-12-18(11-19(13-21)29(31)32)24-23(30)22-8-9-27(26-22)14-28-17(3)10-16(2)25-28/h4-13H,14H2,1-3H3,(H,24,30). The average Bonchev–Trinajstić information content (AvgIpc) is 3.35. The van der Waals surface area contributed by atoms with Crippen LogP contribution in [0.3, 0.4) is 0 Å². The molecular weight excluding hydrogens is 440 g/mol. The van der Waals surface area contributed by atoms with E-state index < -0.39 is 10.8 Å². The molecule has 1 amide bonds. The van der Waals surface area contributed by atoms with Crippen molar-refractivity contribution in [3.05, 3.63) is 93.6 Å². The van der Waals surface area contributed by atoms with Crippen LogP contribution >= 0.6 is 11.8 Å². The second kappa shape index (κ2) is 9.29. The fourth-order valence-electron chi connectivity index (χ4n) is 3.27. The highest BCUT2D eigenvalue weighted by molar-refractivity contribution is 7.99. The number of carbonyl (C=O) groups is 1. The summed E-state index contributed by atoms with van der Waals surface area (Å²) in [5.74, 6) is -0.450. The SMILES string of the molecule is Cc1ccc(Sc2cc(NC(=O)c3ccn(Cn4nc(C)cc4C)n3)cc([N+](=O)[O-])c2)cc1. The summed E-state index contributed by atoms with van der Waals surface area (Å²) in [5, 5.41) is 22.9. The normalized spacial score (nSPS) is 10.9. The Balaban J connectivity index is 1.51. The van der Waals surface area contributed by atoms with Gasteiger partial charge in [0, 0.05) is 39.5 Å². The van der Waals surface area contributed by atoms with Crippen molar-refractivity contribution in [3.8, 4) is 0 Å². The van der Waals surface area contributed by atoms with Gasteiger partial charge in [-0.05, 0) is 51.1 Å². The number of nitrogens with one attached hydrogen (secondary N) is 1. The summed E-state index contributed by atoms with van der Waals surface area (Å²) in [4.78, 5) is 25.3. The van der Waals surface area contributed by atoms with E-state index in [1.54, 1.807) is 27.7 Å². The van der Waals surface area contributed by atoms with Gasteiger partial charge in [-0.3, -0.25) is 19.6 Å². The number of non-ortho nitro benzene ring substituents is 1. The van der Waals surface area contributed by atoms with E-state index in [9.17, 15) is 14.9 Å². The first-order valence-electron chi connectivity index (χ1n) is 10.2. The molecule has 0 atom stereocenters. The summed E-state index contributed by atoms with van der Waals surface area (Å²) in [5.41, 5.74) is 3.46. The van der Waals surface area contributed by atoms with Crippen LogP contribution in [0.25, 0.3) is 0 Å². The van der Waals surface area contributed by atoms with Crippen molar-refractivity contribution >= 4 is 29.0 Å². The predicted molar refractivity (Wildman–Crippen MR) is 126 cm³/mol. The van der Waals surface area contributed by atoms with E-state index in [0.29, 0.717) is 17.3 Å². The predicted octanol–water partition coefficient (Wildman–Crippen LogP) is 4.82. The number of nitrogens with zero attached hydrogens (tertiary/aromatic N) is 5. The highest BCUT2D eigenvalue weighted by Crippen LogP contribution is 2.33. The van der Waals surface area contributed by atoms with Crippen molar-refractivity contribution in [2.24, 2.45) is 0 Å². The molecule has 0 aliphatic heterocycles. The van der Waals surface area contributed by atoms with Gasteiger partial charge in [0.25, 0.3) is 11.6 Å². The summed E-state index contributed by atoms with van der Waals surface area (Å²) in [6.07, 6.45) is 1.69. The zero-order chi connectivity index (χ0) is 23.5. The van der Waals surface area contributed by atoms with Crippen LogP contribution in [0.2, 0.25) is 0 Å². The lowest BCUT2D eigenvalue weighted by molar-refractivity contribution is -0.385. The molecule has 0 spiro atoms. The maximum Gasteiger partial charge on any atom is 0.276 e. The highest BCUT2D eigenvalue weighted by atomic mass is 32.2. The topological polar surface area (TPSA) is 108 Å². The van der Waals surface area contributed by atoms with Gasteiger partial charge >= 0.3 is 0 Å². The molecule has 10 heteroatoms. The third-order valence-electron chi connectivity index (χ3n) is 4.87. The number of nitro benzene ring substituents is 1. The Morgan fingerprint density at radius 2 is 1.79 bits per heavy atom. The van der Waals surface area contributed by atoms with Crippen LogP contribution < -0.4 is 5.32 Å². The van der Waals surface area contributed by atoms with Crippen LogP contribution in [-0.2, 0) is 6.67 Å². The number of hydrogen-bond acceptors (Lipinski definition) is 6. The maximum atomic E-state index is 12.8. The fraction of sp³-hybridized carbons (Fsp3) is 0.174. The minimum atomic E-state index is -0.474. The third-order valence-corrected chi connectivity index (χ3v) is 5.85. The second-order valence-corrected chi connectivity index (χ2v) is 8.80. The lowest BCUT2D eigenvalue weighted by Crippen LogP contribution is -2.15. The molecule has 0 fully saturated rings. The van der Waals surface area contributed by atoms with Crippen molar-refractivity contribution < 1.29 is 9.72 Å². The van der Waals surface area contributed by atoms with Gasteiger partial charge in [-0.2, -0.15) is 10.2 Å². The largest absolute Gasteiger partial charge is 0.320 e. The van der Waals surface area contributed by atoms with Gasteiger partial charge in [0.15, 0.2) is 5.69 Å². The van der Waals surface area contributed by atoms with Gasteiger partial charge in [-0.1, -0.05) is 29.5 Å². The Bertz CT molecular complexity index is 1330. The third kappa shape index (κ3) is 5.47. The lowest BCUT2D eigenvalue weighted by atomic mass is 10.2. The van der Waals surface area contributed by atoms with Gasteiger partial charge < -0.3 is 5.32 Å². The molecule has 2 heterocycles. The van der Waals surface area contributed by atoms with E-state index >= 15 is 0 Å². The van der Waals surface area contributed by atoms with Crippen LogP contribution in [0.4, 0.5) is 11.4 Å². The molecular formula is C23H22N6O3S. The molecule has 2 aromatic carbocycles. The van der Waals surface area contributed by atoms with Crippen LogP contribution in [0.15, 0.2) is 70.6 Å². The monoisotopic (exact) mass is 462 g/mol. The first-order valence-corrected chi connectivity index (χ1v) is 11.0. The van der Waals surface area contributed by atoms with Gasteiger partial charge in [0.05, 0.1) is 10.6 Å². The molecule has 0 unspecified atom stereocenters. The molecule has 4 aromatic rings. The van der Waals surface area contributed by atoms with Gasteiger partial charge in [-0.25, -0.2) is 4.68 Å². The summed E-state index contributed by atoms with van der Waals surface area (Å²) >= 11 is 1.39. The van der Waals surface area contributed by atoms with E-state index in [-0.39, 0.29) is 11.4 Å². The Hall–Kier alpha value is -3.92. The maximum absolute atomic E-state index is 12.8.